The topological polar surface area (TPSA) is 118 Å². The predicted molar refractivity (Wildman–Crippen MR) is 117 cm³/mol. The molecule has 9 nitrogen and oxygen atoms in total. The van der Waals surface area contributed by atoms with Crippen LogP contribution < -0.4 is 14.9 Å². The number of hydrogen-bond donors (Lipinski definition) is 0. The average Bonchev–Trinajstić information content (AvgIpc) is 2.79. The molecule has 1 heterocycles. The van der Waals surface area contributed by atoms with Crippen molar-refractivity contribution < 1.29 is 50.9 Å². The standard InChI is InChI=1S/C24H19F3O9/c1-4-32-23(31)14-5-7-15(8-6-14)35-21-19(30)16-9-10-18(34-13(3)29)17(11-33-12(2)28)20(16)36-22(21)24(25,26)27/h5-10H,4,11H2,1-3H3. The van der Waals surface area contributed by atoms with Gasteiger partial charge in [0.15, 0.2) is 0 Å². The van der Waals surface area contributed by atoms with E-state index in [0.717, 1.165) is 26.0 Å². The molecule has 36 heavy (non-hydrogen) atoms. The van der Waals surface area contributed by atoms with Crippen LogP contribution in [0.2, 0.25) is 0 Å². The van der Waals surface area contributed by atoms with Crippen LogP contribution in [-0.4, -0.2) is 24.5 Å². The highest BCUT2D eigenvalue weighted by Gasteiger charge is 2.41. The van der Waals surface area contributed by atoms with Crippen LogP contribution in [0, 0.1) is 0 Å². The summed E-state index contributed by atoms with van der Waals surface area (Å²) in [4.78, 5) is 47.6. The van der Waals surface area contributed by atoms with Gasteiger partial charge in [-0.15, -0.1) is 0 Å². The normalized spacial score (nSPS) is 11.2. The van der Waals surface area contributed by atoms with E-state index >= 15 is 0 Å². The van der Waals surface area contributed by atoms with Gasteiger partial charge in [0.25, 0.3) is 5.76 Å². The fourth-order valence-corrected chi connectivity index (χ4v) is 3.11. The molecule has 0 N–H and O–H groups in total. The summed E-state index contributed by atoms with van der Waals surface area (Å²) in [6.45, 7) is 3.22. The van der Waals surface area contributed by atoms with Crippen LogP contribution in [-0.2, 0) is 31.8 Å². The highest BCUT2D eigenvalue weighted by molar-refractivity contribution is 5.89. The van der Waals surface area contributed by atoms with Crippen molar-refractivity contribution in [3.05, 3.63) is 63.5 Å². The summed E-state index contributed by atoms with van der Waals surface area (Å²) in [6, 6.07) is 7.13. The molecule has 0 aliphatic rings. The number of rotatable bonds is 7. The SMILES string of the molecule is CCOC(=O)c1ccc(Oc2c(C(F)(F)F)oc3c(COC(C)=O)c(OC(C)=O)ccc3c2=O)cc1. The molecule has 3 rings (SSSR count). The first-order valence-corrected chi connectivity index (χ1v) is 10.4. The van der Waals surface area contributed by atoms with Crippen molar-refractivity contribution in [1.82, 2.24) is 0 Å². The van der Waals surface area contributed by atoms with Gasteiger partial charge in [-0.2, -0.15) is 13.2 Å². The number of esters is 3. The van der Waals surface area contributed by atoms with Gasteiger partial charge in [0.2, 0.25) is 11.2 Å². The number of carbonyl (C=O) groups is 3. The molecule has 0 unspecified atom stereocenters. The molecule has 0 bridgehead atoms. The zero-order chi connectivity index (χ0) is 26.6. The van der Waals surface area contributed by atoms with Gasteiger partial charge >= 0.3 is 24.1 Å². The minimum atomic E-state index is -5.18. The van der Waals surface area contributed by atoms with Crippen LogP contribution in [0.15, 0.2) is 45.6 Å². The van der Waals surface area contributed by atoms with Crippen LogP contribution in [0.25, 0.3) is 11.0 Å². The molecule has 0 fully saturated rings. The summed E-state index contributed by atoms with van der Waals surface area (Å²) < 4.78 is 66.8. The maximum absolute atomic E-state index is 13.9. The summed E-state index contributed by atoms with van der Waals surface area (Å²) in [5, 5.41) is -0.348. The van der Waals surface area contributed by atoms with Gasteiger partial charge in [-0.3, -0.25) is 14.4 Å². The maximum Gasteiger partial charge on any atom is 0.453 e. The summed E-state index contributed by atoms with van der Waals surface area (Å²) in [5.41, 5.74) is -1.92. The summed E-state index contributed by atoms with van der Waals surface area (Å²) in [5.74, 6) is -5.58. The van der Waals surface area contributed by atoms with Crippen LogP contribution in [0.3, 0.4) is 0 Å². The minimum Gasteiger partial charge on any atom is -0.462 e. The Hall–Kier alpha value is -4.35. The fourth-order valence-electron chi connectivity index (χ4n) is 3.11. The van der Waals surface area contributed by atoms with Crippen LogP contribution >= 0.6 is 0 Å². The van der Waals surface area contributed by atoms with E-state index in [-0.39, 0.29) is 34.6 Å². The molecule has 0 spiro atoms. The lowest BCUT2D eigenvalue weighted by molar-refractivity contribution is -0.154. The third-order valence-electron chi connectivity index (χ3n) is 4.60. The van der Waals surface area contributed by atoms with Crippen molar-refractivity contribution in [3.63, 3.8) is 0 Å². The molecule has 3 aromatic rings. The predicted octanol–water partition coefficient (Wildman–Crippen LogP) is 4.77. The molecule has 0 saturated carbocycles. The van der Waals surface area contributed by atoms with E-state index in [4.69, 9.17) is 23.4 Å². The van der Waals surface area contributed by atoms with Crippen molar-refractivity contribution >= 4 is 28.9 Å². The van der Waals surface area contributed by atoms with Gasteiger partial charge in [0.05, 0.1) is 23.1 Å². The van der Waals surface area contributed by atoms with Crippen molar-refractivity contribution in [2.75, 3.05) is 6.61 Å². The first-order valence-electron chi connectivity index (χ1n) is 10.4. The quantitative estimate of drug-likeness (QED) is 0.328. The Bertz CT molecular complexity index is 1370. The zero-order valence-corrected chi connectivity index (χ0v) is 19.2. The number of carbonyl (C=O) groups excluding carboxylic acids is 3. The molecule has 0 amide bonds. The van der Waals surface area contributed by atoms with E-state index in [0.29, 0.717) is 0 Å². The number of fused-ring (bicyclic) bond motifs is 1. The van der Waals surface area contributed by atoms with E-state index in [9.17, 15) is 32.3 Å². The largest absolute Gasteiger partial charge is 0.462 e. The number of ether oxygens (including phenoxy) is 4. The molecule has 12 heteroatoms. The van der Waals surface area contributed by atoms with Gasteiger partial charge in [-0.05, 0) is 43.3 Å². The van der Waals surface area contributed by atoms with Crippen molar-refractivity contribution in [1.29, 1.82) is 0 Å². The Labute approximate surface area is 201 Å². The Morgan fingerprint density at radius 3 is 2.17 bits per heavy atom. The van der Waals surface area contributed by atoms with Gasteiger partial charge in [0, 0.05) is 13.8 Å². The first-order chi connectivity index (χ1) is 16.9. The Morgan fingerprint density at radius 1 is 0.944 bits per heavy atom. The second-order valence-electron chi connectivity index (χ2n) is 7.23. The summed E-state index contributed by atoms with van der Waals surface area (Å²) in [7, 11) is 0. The Kier molecular flexibility index (Phi) is 7.66. The second-order valence-corrected chi connectivity index (χ2v) is 7.23. The van der Waals surface area contributed by atoms with Crippen molar-refractivity contribution in [2.24, 2.45) is 0 Å². The smallest absolute Gasteiger partial charge is 0.453 e. The number of halogens is 3. The fraction of sp³-hybridized carbons (Fsp3) is 0.250. The average molecular weight is 508 g/mol. The molecular weight excluding hydrogens is 489 g/mol. The number of hydrogen-bond acceptors (Lipinski definition) is 9. The molecule has 0 aliphatic heterocycles. The Morgan fingerprint density at radius 2 is 1.61 bits per heavy atom. The molecule has 190 valence electrons. The highest BCUT2D eigenvalue weighted by atomic mass is 19.4. The van der Waals surface area contributed by atoms with Crippen LogP contribution in [0.4, 0.5) is 13.2 Å². The van der Waals surface area contributed by atoms with E-state index in [2.05, 4.69) is 0 Å². The Balaban J connectivity index is 2.18. The first kappa shape index (κ1) is 26.3. The van der Waals surface area contributed by atoms with Crippen LogP contribution in [0.5, 0.6) is 17.2 Å². The molecule has 1 aromatic heterocycles. The van der Waals surface area contributed by atoms with Gasteiger partial charge in [-0.25, -0.2) is 4.79 Å². The second kappa shape index (κ2) is 10.5. The molecule has 0 atom stereocenters. The van der Waals surface area contributed by atoms with Crippen molar-refractivity contribution in [2.45, 2.75) is 33.6 Å². The molecule has 2 aromatic carbocycles. The number of benzene rings is 2. The lowest BCUT2D eigenvalue weighted by Crippen LogP contribution is -2.17. The highest BCUT2D eigenvalue weighted by Crippen LogP contribution is 2.40. The van der Waals surface area contributed by atoms with E-state index < -0.39 is 53.2 Å². The third-order valence-corrected chi connectivity index (χ3v) is 4.60. The lowest BCUT2D eigenvalue weighted by Gasteiger charge is -2.16. The minimum absolute atomic E-state index is 0.124. The van der Waals surface area contributed by atoms with E-state index in [1.54, 1.807) is 6.92 Å². The van der Waals surface area contributed by atoms with Crippen LogP contribution in [0.1, 0.15) is 42.5 Å². The maximum atomic E-state index is 13.9. The third kappa shape index (κ3) is 5.82. The lowest BCUT2D eigenvalue weighted by atomic mass is 10.1. The van der Waals surface area contributed by atoms with Crippen molar-refractivity contribution in [3.8, 4) is 17.2 Å². The number of alkyl halides is 3. The molecule has 0 radical (unpaired) electrons. The summed E-state index contributed by atoms with van der Waals surface area (Å²) >= 11 is 0. The molecular formula is C24H19F3O9. The van der Waals surface area contributed by atoms with E-state index in [1.807, 2.05) is 0 Å². The van der Waals surface area contributed by atoms with Gasteiger partial charge < -0.3 is 23.4 Å². The van der Waals surface area contributed by atoms with E-state index in [1.165, 1.54) is 24.3 Å². The zero-order valence-electron chi connectivity index (χ0n) is 19.2. The van der Waals surface area contributed by atoms with Gasteiger partial charge in [0.1, 0.15) is 23.7 Å². The summed E-state index contributed by atoms with van der Waals surface area (Å²) in [6.07, 6.45) is -5.18. The molecule has 0 saturated heterocycles. The monoisotopic (exact) mass is 508 g/mol. The molecule has 0 aliphatic carbocycles. The van der Waals surface area contributed by atoms with Gasteiger partial charge in [-0.1, -0.05) is 0 Å².